The van der Waals surface area contributed by atoms with Gasteiger partial charge in [-0.15, -0.1) is 0 Å². The number of carbonyl (C=O) groups excluding carboxylic acids is 2. The van der Waals surface area contributed by atoms with Gasteiger partial charge in [0.05, 0.1) is 0 Å². The minimum atomic E-state index is -1.11. The van der Waals surface area contributed by atoms with Crippen LogP contribution in [0.25, 0.3) is 0 Å². The van der Waals surface area contributed by atoms with Crippen LogP contribution < -0.4 is 5.32 Å². The lowest BCUT2D eigenvalue weighted by molar-refractivity contribution is -0.138. The van der Waals surface area contributed by atoms with Gasteiger partial charge >= 0.3 is 5.97 Å². The van der Waals surface area contributed by atoms with Crippen molar-refractivity contribution in [2.45, 2.75) is 19.9 Å². The molecule has 0 radical (unpaired) electrons. The van der Waals surface area contributed by atoms with Crippen molar-refractivity contribution in [2.75, 3.05) is 0 Å². The van der Waals surface area contributed by atoms with Gasteiger partial charge in [0.2, 0.25) is 0 Å². The zero-order valence-electron chi connectivity index (χ0n) is 9.85. The van der Waals surface area contributed by atoms with Gasteiger partial charge in [0.25, 0.3) is 5.91 Å². The number of hydrogen-bond acceptors (Lipinski definition) is 3. The highest BCUT2D eigenvalue weighted by atomic mass is 16.4. The summed E-state index contributed by atoms with van der Waals surface area (Å²) in [7, 11) is 1.62. The van der Waals surface area contributed by atoms with Gasteiger partial charge < -0.3 is 15.0 Å². The molecule has 6 heteroatoms. The number of rotatable bonds is 4. The Balaban J connectivity index is 2.89. The molecule has 0 saturated carbocycles. The van der Waals surface area contributed by atoms with E-state index in [1.807, 2.05) is 0 Å². The van der Waals surface area contributed by atoms with Crippen LogP contribution in [0.3, 0.4) is 0 Å². The van der Waals surface area contributed by atoms with Crippen molar-refractivity contribution in [1.82, 2.24) is 9.88 Å². The van der Waals surface area contributed by atoms with Crippen LogP contribution in [0.1, 0.15) is 34.7 Å². The molecule has 1 heterocycles. The number of carboxylic acid groups (broad SMARTS) is 1. The second kappa shape index (κ2) is 4.82. The summed E-state index contributed by atoms with van der Waals surface area (Å²) in [5, 5.41) is 11.0. The lowest BCUT2D eigenvalue weighted by atomic mass is 10.2. The van der Waals surface area contributed by atoms with E-state index in [9.17, 15) is 14.4 Å². The lowest BCUT2D eigenvalue weighted by Crippen LogP contribution is -2.39. The predicted molar refractivity (Wildman–Crippen MR) is 60.0 cm³/mol. The molecular formula is C11H14N2O4. The number of carboxylic acids is 1. The van der Waals surface area contributed by atoms with E-state index in [-0.39, 0.29) is 11.5 Å². The highest BCUT2D eigenvalue weighted by molar-refractivity contribution is 6.00. The van der Waals surface area contributed by atoms with Crippen molar-refractivity contribution in [3.63, 3.8) is 0 Å². The molecule has 0 aromatic carbocycles. The molecular weight excluding hydrogens is 224 g/mol. The Labute approximate surface area is 98.2 Å². The molecule has 1 rings (SSSR count). The summed E-state index contributed by atoms with van der Waals surface area (Å²) in [4.78, 5) is 33.4. The van der Waals surface area contributed by atoms with Gasteiger partial charge in [-0.1, -0.05) is 0 Å². The maximum Gasteiger partial charge on any atom is 0.325 e. The zero-order chi connectivity index (χ0) is 13.2. The van der Waals surface area contributed by atoms with Gasteiger partial charge in [-0.2, -0.15) is 0 Å². The third kappa shape index (κ3) is 2.93. The number of nitrogens with zero attached hydrogens (tertiary/aromatic N) is 1. The highest BCUT2D eigenvalue weighted by Crippen LogP contribution is 2.08. The van der Waals surface area contributed by atoms with E-state index < -0.39 is 17.9 Å². The maximum atomic E-state index is 11.7. The molecule has 6 nitrogen and oxygen atoms in total. The number of aryl methyl sites for hydroxylation is 1. The molecule has 1 aromatic heterocycles. The van der Waals surface area contributed by atoms with Crippen molar-refractivity contribution in [3.05, 3.63) is 23.5 Å². The minimum Gasteiger partial charge on any atom is -0.480 e. The third-order valence-corrected chi connectivity index (χ3v) is 2.36. The second-order valence-corrected chi connectivity index (χ2v) is 3.81. The van der Waals surface area contributed by atoms with Crippen LogP contribution in [-0.4, -0.2) is 33.4 Å². The number of carbonyl (C=O) groups is 3. The highest BCUT2D eigenvalue weighted by Gasteiger charge is 2.18. The second-order valence-electron chi connectivity index (χ2n) is 3.81. The fraction of sp³-hybridized carbons (Fsp3) is 0.364. The molecule has 1 atom stereocenters. The smallest absolute Gasteiger partial charge is 0.325 e. The van der Waals surface area contributed by atoms with Crippen LogP contribution in [0.15, 0.2) is 12.3 Å². The Bertz CT molecular complexity index is 476. The summed E-state index contributed by atoms with van der Waals surface area (Å²) in [5.74, 6) is -1.78. The van der Waals surface area contributed by atoms with E-state index in [0.717, 1.165) is 0 Å². The Morgan fingerprint density at radius 3 is 2.41 bits per heavy atom. The van der Waals surface area contributed by atoms with Gasteiger partial charge in [-0.05, 0) is 19.9 Å². The SMILES string of the molecule is CC(=O)c1cc(C(=O)N[C@H](C)C(=O)O)n(C)c1. The number of nitrogens with one attached hydrogen (secondary N) is 1. The normalized spacial score (nSPS) is 11.9. The average molecular weight is 238 g/mol. The first-order valence-corrected chi connectivity index (χ1v) is 5.04. The van der Waals surface area contributed by atoms with E-state index in [4.69, 9.17) is 5.11 Å². The summed E-state index contributed by atoms with van der Waals surface area (Å²) in [6, 6.07) is 0.463. The summed E-state index contributed by atoms with van der Waals surface area (Å²) in [6.45, 7) is 2.77. The standard InChI is InChI=1S/C11H14N2O4/c1-6(11(16)17)12-10(15)9-4-8(7(2)14)5-13(9)3/h4-6H,1-3H3,(H,12,15)(H,16,17)/t6-/m1/s1. The average Bonchev–Trinajstić information content (AvgIpc) is 2.60. The predicted octanol–water partition coefficient (Wildman–Crippen LogP) is 0.431. The molecule has 0 aliphatic rings. The first-order chi connectivity index (χ1) is 7.82. The minimum absolute atomic E-state index is 0.147. The summed E-state index contributed by atoms with van der Waals surface area (Å²) >= 11 is 0. The topological polar surface area (TPSA) is 88.4 Å². The zero-order valence-corrected chi connectivity index (χ0v) is 9.85. The number of hydrogen-bond donors (Lipinski definition) is 2. The van der Waals surface area contributed by atoms with Gasteiger partial charge in [-0.3, -0.25) is 14.4 Å². The van der Waals surface area contributed by atoms with Crippen molar-refractivity contribution >= 4 is 17.7 Å². The largest absolute Gasteiger partial charge is 0.480 e. The van der Waals surface area contributed by atoms with Crippen LogP contribution in [-0.2, 0) is 11.8 Å². The van der Waals surface area contributed by atoms with Crippen molar-refractivity contribution in [2.24, 2.45) is 7.05 Å². The Kier molecular flexibility index (Phi) is 3.67. The van der Waals surface area contributed by atoms with E-state index in [0.29, 0.717) is 5.56 Å². The Hall–Kier alpha value is -2.11. The first kappa shape index (κ1) is 13.0. The fourth-order valence-corrected chi connectivity index (χ4v) is 1.32. The van der Waals surface area contributed by atoms with Crippen LogP contribution >= 0.6 is 0 Å². The summed E-state index contributed by atoms with van der Waals surface area (Å²) < 4.78 is 1.49. The molecule has 0 bridgehead atoms. The van der Waals surface area contributed by atoms with Crippen LogP contribution in [0.4, 0.5) is 0 Å². The maximum absolute atomic E-state index is 11.7. The molecule has 0 unspecified atom stereocenters. The van der Waals surface area contributed by atoms with Gasteiger partial charge in [0, 0.05) is 18.8 Å². The summed E-state index contributed by atoms with van der Waals surface area (Å²) in [5.41, 5.74) is 0.670. The van der Waals surface area contributed by atoms with Crippen LogP contribution in [0, 0.1) is 0 Å². The summed E-state index contributed by atoms with van der Waals surface area (Å²) in [6.07, 6.45) is 1.53. The van der Waals surface area contributed by atoms with Crippen molar-refractivity contribution in [1.29, 1.82) is 0 Å². The van der Waals surface area contributed by atoms with Gasteiger partial charge in [0.15, 0.2) is 5.78 Å². The molecule has 92 valence electrons. The molecule has 0 fully saturated rings. The number of Topliss-reactive ketones (excluding diaryl/α,β-unsaturated/α-hetero) is 1. The van der Waals surface area contributed by atoms with E-state index in [1.54, 1.807) is 7.05 Å². The third-order valence-electron chi connectivity index (χ3n) is 2.36. The molecule has 0 aliphatic carbocycles. The Morgan fingerprint density at radius 1 is 1.41 bits per heavy atom. The molecule has 17 heavy (non-hydrogen) atoms. The van der Waals surface area contributed by atoms with Crippen molar-refractivity contribution in [3.8, 4) is 0 Å². The van der Waals surface area contributed by atoms with Crippen LogP contribution in [0.2, 0.25) is 0 Å². The van der Waals surface area contributed by atoms with Gasteiger partial charge in [-0.25, -0.2) is 0 Å². The number of aliphatic carboxylic acids is 1. The monoisotopic (exact) mass is 238 g/mol. The number of amides is 1. The molecule has 2 N–H and O–H groups in total. The number of aromatic nitrogens is 1. The van der Waals surface area contributed by atoms with Crippen LogP contribution in [0.5, 0.6) is 0 Å². The molecule has 0 saturated heterocycles. The molecule has 1 aromatic rings. The van der Waals surface area contributed by atoms with Crippen molar-refractivity contribution < 1.29 is 19.5 Å². The number of ketones is 1. The van der Waals surface area contributed by atoms with E-state index in [2.05, 4.69) is 5.32 Å². The molecule has 0 spiro atoms. The molecule has 1 amide bonds. The first-order valence-electron chi connectivity index (χ1n) is 5.04. The lowest BCUT2D eigenvalue weighted by Gasteiger charge is -2.09. The van der Waals surface area contributed by atoms with Gasteiger partial charge in [0.1, 0.15) is 11.7 Å². The molecule has 0 aliphatic heterocycles. The van der Waals surface area contributed by atoms with E-state index >= 15 is 0 Å². The quantitative estimate of drug-likeness (QED) is 0.744. The fourth-order valence-electron chi connectivity index (χ4n) is 1.32. The van der Waals surface area contributed by atoms with E-state index in [1.165, 1.54) is 30.7 Å². The Morgan fingerprint density at radius 2 is 2.00 bits per heavy atom.